The topological polar surface area (TPSA) is 46.5 Å². The first kappa shape index (κ1) is 10.4. The molecule has 0 aromatic heterocycles. The molecule has 2 unspecified atom stereocenters. The Kier molecular flexibility index (Phi) is 4.86. The van der Waals surface area contributed by atoms with Crippen LogP contribution in [0.5, 0.6) is 0 Å². The van der Waals surface area contributed by atoms with Gasteiger partial charge in [-0.2, -0.15) is 0 Å². The second kappa shape index (κ2) is 5.13. The first-order valence-electron chi connectivity index (χ1n) is 3.92. The largest absolute Gasteiger partial charge is 0.463 e. The Morgan fingerprint density at radius 3 is 2.45 bits per heavy atom. The summed E-state index contributed by atoms with van der Waals surface area (Å²) in [6.45, 7) is 5.42. The minimum absolute atomic E-state index is 0.0613. The number of hydrogen-bond acceptors (Lipinski definition) is 3. The SMILES string of the molecule is CCC(C)C(=O)OCC(C)O. The van der Waals surface area contributed by atoms with Gasteiger partial charge in [-0.1, -0.05) is 13.8 Å². The zero-order valence-electron chi connectivity index (χ0n) is 7.33. The van der Waals surface area contributed by atoms with Gasteiger partial charge in [-0.25, -0.2) is 0 Å². The summed E-state index contributed by atoms with van der Waals surface area (Å²) in [6, 6.07) is 0. The maximum atomic E-state index is 10.9. The molecule has 0 aromatic rings. The Morgan fingerprint density at radius 1 is 1.55 bits per heavy atom. The average Bonchev–Trinajstić information content (AvgIpc) is 1.98. The Labute approximate surface area is 67.4 Å². The zero-order chi connectivity index (χ0) is 8.85. The predicted octanol–water partition coefficient (Wildman–Crippen LogP) is 0.956. The van der Waals surface area contributed by atoms with Crippen molar-refractivity contribution >= 4 is 5.97 Å². The molecular formula is C8H16O3. The molecule has 0 aliphatic heterocycles. The molecule has 0 radical (unpaired) electrons. The van der Waals surface area contributed by atoms with Gasteiger partial charge in [-0.05, 0) is 13.3 Å². The number of aliphatic hydroxyl groups excluding tert-OH is 1. The van der Waals surface area contributed by atoms with Gasteiger partial charge in [0.25, 0.3) is 0 Å². The zero-order valence-corrected chi connectivity index (χ0v) is 7.33. The van der Waals surface area contributed by atoms with Crippen LogP contribution in [-0.4, -0.2) is 23.8 Å². The first-order chi connectivity index (χ1) is 5.07. The van der Waals surface area contributed by atoms with Crippen molar-refractivity contribution in [2.75, 3.05) is 6.61 Å². The quantitative estimate of drug-likeness (QED) is 0.623. The smallest absolute Gasteiger partial charge is 0.308 e. The molecule has 0 saturated heterocycles. The summed E-state index contributed by atoms with van der Waals surface area (Å²) < 4.78 is 4.77. The molecule has 11 heavy (non-hydrogen) atoms. The third kappa shape index (κ3) is 4.79. The monoisotopic (exact) mass is 160 g/mol. The molecule has 2 atom stereocenters. The van der Waals surface area contributed by atoms with Crippen molar-refractivity contribution in [2.24, 2.45) is 5.92 Å². The van der Waals surface area contributed by atoms with Crippen LogP contribution < -0.4 is 0 Å². The van der Waals surface area contributed by atoms with E-state index >= 15 is 0 Å². The standard InChI is InChI=1S/C8H16O3/c1-4-6(2)8(10)11-5-7(3)9/h6-7,9H,4-5H2,1-3H3. The lowest BCUT2D eigenvalue weighted by Gasteiger charge is -2.09. The fourth-order valence-electron chi connectivity index (χ4n) is 0.512. The molecule has 0 rings (SSSR count). The molecule has 1 N–H and O–H groups in total. The molecule has 0 amide bonds. The van der Waals surface area contributed by atoms with Crippen LogP contribution in [0.1, 0.15) is 27.2 Å². The normalized spacial score (nSPS) is 15.6. The molecule has 0 aliphatic carbocycles. The Morgan fingerprint density at radius 2 is 2.09 bits per heavy atom. The van der Waals surface area contributed by atoms with E-state index < -0.39 is 6.10 Å². The average molecular weight is 160 g/mol. The lowest BCUT2D eigenvalue weighted by atomic mass is 10.1. The van der Waals surface area contributed by atoms with Crippen molar-refractivity contribution in [3.63, 3.8) is 0 Å². The highest BCUT2D eigenvalue weighted by Gasteiger charge is 2.12. The van der Waals surface area contributed by atoms with Crippen molar-refractivity contribution < 1.29 is 14.6 Å². The van der Waals surface area contributed by atoms with Crippen LogP contribution in [0.2, 0.25) is 0 Å². The molecule has 66 valence electrons. The fraction of sp³-hybridized carbons (Fsp3) is 0.875. The van der Waals surface area contributed by atoms with E-state index in [1.54, 1.807) is 6.92 Å². The molecule has 0 saturated carbocycles. The van der Waals surface area contributed by atoms with Crippen LogP contribution in [0, 0.1) is 5.92 Å². The summed E-state index contributed by atoms with van der Waals surface area (Å²) in [5, 5.41) is 8.78. The van der Waals surface area contributed by atoms with Gasteiger partial charge in [-0.3, -0.25) is 4.79 Å². The second-order valence-corrected chi connectivity index (χ2v) is 2.79. The minimum atomic E-state index is -0.567. The van der Waals surface area contributed by atoms with E-state index in [0.29, 0.717) is 0 Å². The highest BCUT2D eigenvalue weighted by atomic mass is 16.5. The van der Waals surface area contributed by atoms with Crippen molar-refractivity contribution in [1.82, 2.24) is 0 Å². The van der Waals surface area contributed by atoms with E-state index in [0.717, 1.165) is 6.42 Å². The van der Waals surface area contributed by atoms with Gasteiger partial charge < -0.3 is 9.84 Å². The number of ether oxygens (including phenoxy) is 1. The number of rotatable bonds is 4. The van der Waals surface area contributed by atoms with Crippen molar-refractivity contribution in [3.8, 4) is 0 Å². The summed E-state index contributed by atoms with van der Waals surface area (Å²) in [5.41, 5.74) is 0. The number of esters is 1. The number of carbonyl (C=O) groups excluding carboxylic acids is 1. The molecular weight excluding hydrogens is 144 g/mol. The van der Waals surface area contributed by atoms with Crippen LogP contribution >= 0.6 is 0 Å². The second-order valence-electron chi connectivity index (χ2n) is 2.79. The van der Waals surface area contributed by atoms with E-state index in [9.17, 15) is 4.79 Å². The Hall–Kier alpha value is -0.570. The minimum Gasteiger partial charge on any atom is -0.463 e. The van der Waals surface area contributed by atoms with Crippen molar-refractivity contribution in [1.29, 1.82) is 0 Å². The van der Waals surface area contributed by atoms with Gasteiger partial charge in [0.2, 0.25) is 0 Å². The summed E-state index contributed by atoms with van der Waals surface area (Å²) in [7, 11) is 0. The molecule has 0 heterocycles. The van der Waals surface area contributed by atoms with Gasteiger partial charge in [-0.15, -0.1) is 0 Å². The lowest BCUT2D eigenvalue weighted by molar-refractivity contribution is -0.150. The van der Waals surface area contributed by atoms with Crippen molar-refractivity contribution in [3.05, 3.63) is 0 Å². The maximum absolute atomic E-state index is 10.9. The van der Waals surface area contributed by atoms with E-state index in [1.807, 2.05) is 13.8 Å². The van der Waals surface area contributed by atoms with Gasteiger partial charge >= 0.3 is 5.97 Å². The van der Waals surface area contributed by atoms with Gasteiger partial charge in [0.05, 0.1) is 12.0 Å². The van der Waals surface area contributed by atoms with E-state index in [1.165, 1.54) is 0 Å². The molecule has 0 bridgehead atoms. The van der Waals surface area contributed by atoms with Crippen LogP contribution in [-0.2, 0) is 9.53 Å². The predicted molar refractivity (Wildman–Crippen MR) is 42.1 cm³/mol. The fourth-order valence-corrected chi connectivity index (χ4v) is 0.512. The van der Waals surface area contributed by atoms with Crippen molar-refractivity contribution in [2.45, 2.75) is 33.3 Å². The number of hydrogen-bond donors (Lipinski definition) is 1. The number of carbonyl (C=O) groups is 1. The lowest BCUT2D eigenvalue weighted by Crippen LogP contribution is -2.19. The summed E-state index contributed by atoms with van der Waals surface area (Å²) in [6.07, 6.45) is 0.210. The third-order valence-corrected chi connectivity index (χ3v) is 1.48. The Balaban J connectivity index is 3.52. The number of aliphatic hydroxyl groups is 1. The first-order valence-corrected chi connectivity index (χ1v) is 3.92. The highest BCUT2D eigenvalue weighted by Crippen LogP contribution is 2.03. The van der Waals surface area contributed by atoms with Crippen LogP contribution in [0.4, 0.5) is 0 Å². The molecule has 3 nitrogen and oxygen atoms in total. The Bertz CT molecular complexity index is 121. The van der Waals surface area contributed by atoms with E-state index in [-0.39, 0.29) is 18.5 Å². The van der Waals surface area contributed by atoms with Gasteiger partial charge in [0.1, 0.15) is 6.61 Å². The summed E-state index contributed by atoms with van der Waals surface area (Å²) in [5.74, 6) is -0.290. The van der Waals surface area contributed by atoms with E-state index in [4.69, 9.17) is 9.84 Å². The van der Waals surface area contributed by atoms with E-state index in [2.05, 4.69) is 0 Å². The van der Waals surface area contributed by atoms with Gasteiger partial charge in [0, 0.05) is 0 Å². The molecule has 0 spiro atoms. The molecule has 0 fully saturated rings. The highest BCUT2D eigenvalue weighted by molar-refractivity contribution is 5.71. The van der Waals surface area contributed by atoms with Crippen LogP contribution in [0.15, 0.2) is 0 Å². The van der Waals surface area contributed by atoms with Crippen LogP contribution in [0.25, 0.3) is 0 Å². The molecule has 0 aromatic carbocycles. The van der Waals surface area contributed by atoms with Crippen LogP contribution in [0.3, 0.4) is 0 Å². The molecule has 0 aliphatic rings. The molecule has 3 heteroatoms. The summed E-state index contributed by atoms with van der Waals surface area (Å²) in [4.78, 5) is 10.9. The maximum Gasteiger partial charge on any atom is 0.308 e. The summed E-state index contributed by atoms with van der Waals surface area (Å²) >= 11 is 0. The third-order valence-electron chi connectivity index (χ3n) is 1.48. The van der Waals surface area contributed by atoms with Gasteiger partial charge in [0.15, 0.2) is 0 Å².